The third-order valence-electron chi connectivity index (χ3n) is 5.49. The van der Waals surface area contributed by atoms with Gasteiger partial charge in [0.15, 0.2) is 0 Å². The van der Waals surface area contributed by atoms with Crippen LogP contribution in [-0.4, -0.2) is 47.0 Å². The van der Waals surface area contributed by atoms with Gasteiger partial charge in [0.25, 0.3) is 5.91 Å². The average molecular weight is 312 g/mol. The van der Waals surface area contributed by atoms with E-state index in [1.165, 1.54) is 18.4 Å². The van der Waals surface area contributed by atoms with Crippen LogP contribution in [0.1, 0.15) is 43.1 Å². The maximum Gasteiger partial charge on any atom is 0.274 e. The first-order valence-electron chi connectivity index (χ1n) is 8.72. The fourth-order valence-corrected chi connectivity index (χ4v) is 4.17. The summed E-state index contributed by atoms with van der Waals surface area (Å²) in [5.74, 6) is 2.34. The van der Waals surface area contributed by atoms with Gasteiger partial charge in [0.2, 0.25) is 0 Å². The Hall–Kier alpha value is -1.91. The topological polar surface area (TPSA) is 49.3 Å². The average Bonchev–Trinajstić information content (AvgIpc) is 3.23. The molecule has 1 aromatic rings. The van der Waals surface area contributed by atoms with E-state index < -0.39 is 0 Å². The second-order valence-electron chi connectivity index (χ2n) is 7.18. The van der Waals surface area contributed by atoms with Crippen molar-refractivity contribution in [3.05, 3.63) is 29.7 Å². The number of hydrogen-bond acceptors (Lipinski definition) is 4. The zero-order chi connectivity index (χ0) is 15.8. The van der Waals surface area contributed by atoms with Crippen LogP contribution in [0.2, 0.25) is 0 Å². The molecule has 23 heavy (non-hydrogen) atoms. The first-order valence-corrected chi connectivity index (χ1v) is 8.72. The zero-order valence-electron chi connectivity index (χ0n) is 13.7. The second kappa shape index (κ2) is 5.95. The molecule has 3 heterocycles. The number of nitrogens with zero attached hydrogens (tertiary/aromatic N) is 4. The van der Waals surface area contributed by atoms with Gasteiger partial charge in [-0.2, -0.15) is 0 Å². The van der Waals surface area contributed by atoms with Gasteiger partial charge < -0.3 is 9.80 Å². The van der Waals surface area contributed by atoms with E-state index >= 15 is 0 Å². The van der Waals surface area contributed by atoms with E-state index in [0.29, 0.717) is 5.69 Å². The molecule has 2 aliphatic heterocycles. The molecule has 3 aliphatic rings. The summed E-state index contributed by atoms with van der Waals surface area (Å²) in [5.41, 5.74) is 2.01. The first kappa shape index (κ1) is 14.7. The van der Waals surface area contributed by atoms with Gasteiger partial charge in [0, 0.05) is 26.2 Å². The van der Waals surface area contributed by atoms with Crippen molar-refractivity contribution in [2.45, 2.75) is 32.6 Å². The van der Waals surface area contributed by atoms with E-state index in [2.05, 4.69) is 27.9 Å². The van der Waals surface area contributed by atoms with Crippen molar-refractivity contribution >= 4 is 11.7 Å². The lowest BCUT2D eigenvalue weighted by Gasteiger charge is -2.21. The summed E-state index contributed by atoms with van der Waals surface area (Å²) in [6.07, 6.45) is 10.4. The highest BCUT2D eigenvalue weighted by atomic mass is 16.2. The summed E-state index contributed by atoms with van der Waals surface area (Å²) in [4.78, 5) is 25.6. The van der Waals surface area contributed by atoms with E-state index in [0.717, 1.165) is 56.7 Å². The standard InChI is InChI=1S/C18H24N4O/c1-13-4-5-14-11-22(12-15(14)8-13)17-10-19-9-16(20-17)18(23)21-6-2-3-7-21/h4,9-10,14-15H,2-3,5-8,11-12H2,1H3/t14-,15+/m0/s1. The van der Waals surface area contributed by atoms with Crippen LogP contribution in [-0.2, 0) is 0 Å². The zero-order valence-corrected chi connectivity index (χ0v) is 13.7. The van der Waals surface area contributed by atoms with Crippen LogP contribution in [0.3, 0.4) is 0 Å². The molecule has 122 valence electrons. The molecule has 2 fully saturated rings. The molecule has 0 N–H and O–H groups in total. The minimum Gasteiger partial charge on any atom is -0.355 e. The minimum absolute atomic E-state index is 0.0333. The van der Waals surface area contributed by atoms with E-state index in [9.17, 15) is 4.79 Å². The van der Waals surface area contributed by atoms with Crippen molar-refractivity contribution in [2.75, 3.05) is 31.1 Å². The smallest absolute Gasteiger partial charge is 0.274 e. The molecule has 0 bridgehead atoms. The molecule has 1 aliphatic carbocycles. The Labute approximate surface area is 137 Å². The third kappa shape index (κ3) is 2.84. The van der Waals surface area contributed by atoms with Gasteiger partial charge >= 0.3 is 0 Å². The van der Waals surface area contributed by atoms with Crippen LogP contribution < -0.4 is 4.90 Å². The number of rotatable bonds is 2. The Kier molecular flexibility index (Phi) is 3.79. The molecule has 0 radical (unpaired) electrons. The van der Waals surface area contributed by atoms with Crippen LogP contribution in [0.25, 0.3) is 0 Å². The van der Waals surface area contributed by atoms with Gasteiger partial charge in [-0.25, -0.2) is 4.98 Å². The molecule has 2 atom stereocenters. The molecule has 0 spiro atoms. The maximum absolute atomic E-state index is 12.5. The molecule has 4 rings (SSSR count). The summed E-state index contributed by atoms with van der Waals surface area (Å²) in [6.45, 7) is 6.00. The molecule has 2 saturated heterocycles. The van der Waals surface area contributed by atoms with Gasteiger partial charge in [-0.05, 0) is 44.4 Å². The lowest BCUT2D eigenvalue weighted by Crippen LogP contribution is -2.29. The Morgan fingerprint density at radius 2 is 1.96 bits per heavy atom. The van der Waals surface area contributed by atoms with Crippen LogP contribution in [0, 0.1) is 11.8 Å². The summed E-state index contributed by atoms with van der Waals surface area (Å²) in [5, 5.41) is 0. The predicted octanol–water partition coefficient (Wildman–Crippen LogP) is 2.51. The number of amides is 1. The van der Waals surface area contributed by atoms with Gasteiger partial charge in [-0.15, -0.1) is 0 Å². The number of allylic oxidation sites excluding steroid dienone is 2. The third-order valence-corrected chi connectivity index (χ3v) is 5.49. The number of anilines is 1. The lowest BCUT2D eigenvalue weighted by atomic mass is 9.83. The van der Waals surface area contributed by atoms with E-state index in [4.69, 9.17) is 0 Å². The number of carbonyl (C=O) groups excluding carboxylic acids is 1. The van der Waals surface area contributed by atoms with Gasteiger partial charge in [-0.1, -0.05) is 11.6 Å². The number of fused-ring (bicyclic) bond motifs is 1. The molecule has 0 saturated carbocycles. The fourth-order valence-electron chi connectivity index (χ4n) is 4.17. The highest BCUT2D eigenvalue weighted by Crippen LogP contribution is 2.37. The molecule has 1 aromatic heterocycles. The van der Waals surface area contributed by atoms with Gasteiger partial charge in [-0.3, -0.25) is 9.78 Å². The van der Waals surface area contributed by atoms with Gasteiger partial charge in [0.1, 0.15) is 11.5 Å². The predicted molar refractivity (Wildman–Crippen MR) is 89.4 cm³/mol. The normalized spacial score (nSPS) is 27.1. The summed E-state index contributed by atoms with van der Waals surface area (Å²) < 4.78 is 0. The molecule has 5 heteroatoms. The summed E-state index contributed by atoms with van der Waals surface area (Å²) in [6, 6.07) is 0. The molecule has 1 amide bonds. The van der Waals surface area contributed by atoms with Crippen LogP contribution in [0.4, 0.5) is 5.82 Å². The maximum atomic E-state index is 12.5. The van der Waals surface area contributed by atoms with Crippen molar-refractivity contribution in [3.63, 3.8) is 0 Å². The van der Waals surface area contributed by atoms with E-state index in [-0.39, 0.29) is 5.91 Å². The van der Waals surface area contributed by atoms with Crippen molar-refractivity contribution in [3.8, 4) is 0 Å². The number of likely N-dealkylation sites (tertiary alicyclic amines) is 1. The fraction of sp³-hybridized carbons (Fsp3) is 0.611. The Morgan fingerprint density at radius 3 is 2.78 bits per heavy atom. The molecule has 5 nitrogen and oxygen atoms in total. The second-order valence-corrected chi connectivity index (χ2v) is 7.18. The monoisotopic (exact) mass is 312 g/mol. The molecular weight excluding hydrogens is 288 g/mol. The molecule has 0 unspecified atom stereocenters. The number of aromatic nitrogens is 2. The van der Waals surface area contributed by atoms with Gasteiger partial charge in [0.05, 0.1) is 12.4 Å². The van der Waals surface area contributed by atoms with Crippen molar-refractivity contribution in [1.29, 1.82) is 0 Å². The molecular formula is C18H24N4O. The van der Waals surface area contributed by atoms with Crippen molar-refractivity contribution in [2.24, 2.45) is 11.8 Å². The Morgan fingerprint density at radius 1 is 1.17 bits per heavy atom. The Bertz CT molecular complexity index is 636. The quantitative estimate of drug-likeness (QED) is 0.787. The highest BCUT2D eigenvalue weighted by Gasteiger charge is 2.35. The van der Waals surface area contributed by atoms with Crippen LogP contribution in [0.15, 0.2) is 24.0 Å². The Balaban J connectivity index is 1.50. The summed E-state index contributed by atoms with van der Waals surface area (Å²) >= 11 is 0. The number of hydrogen-bond donors (Lipinski definition) is 0. The highest BCUT2D eigenvalue weighted by molar-refractivity contribution is 5.92. The first-order chi connectivity index (χ1) is 11.2. The SMILES string of the molecule is CC1=CC[C@H]2CN(c3cncc(C(=O)N4CCCC4)n3)C[C@H]2C1. The summed E-state index contributed by atoms with van der Waals surface area (Å²) in [7, 11) is 0. The lowest BCUT2D eigenvalue weighted by molar-refractivity contribution is 0.0786. The molecule has 0 aromatic carbocycles. The van der Waals surface area contributed by atoms with E-state index in [1.54, 1.807) is 12.4 Å². The number of carbonyl (C=O) groups is 1. The largest absolute Gasteiger partial charge is 0.355 e. The van der Waals surface area contributed by atoms with Crippen molar-refractivity contribution in [1.82, 2.24) is 14.9 Å². The van der Waals surface area contributed by atoms with Crippen molar-refractivity contribution < 1.29 is 4.79 Å². The van der Waals surface area contributed by atoms with Crippen LogP contribution >= 0.6 is 0 Å². The van der Waals surface area contributed by atoms with Crippen LogP contribution in [0.5, 0.6) is 0 Å². The minimum atomic E-state index is 0.0333. The van der Waals surface area contributed by atoms with E-state index in [1.807, 2.05) is 4.90 Å².